The van der Waals surface area contributed by atoms with Crippen molar-refractivity contribution in [2.24, 2.45) is 11.5 Å². The predicted octanol–water partition coefficient (Wildman–Crippen LogP) is -1.12. The van der Waals surface area contributed by atoms with E-state index < -0.39 is 16.9 Å². The molecular weight excluding hydrogens is 195 g/mol. The summed E-state index contributed by atoms with van der Waals surface area (Å²) in [6.45, 7) is 5.34. The second-order valence-electron chi connectivity index (χ2n) is 4.87. The van der Waals surface area contributed by atoms with Crippen molar-refractivity contribution in [3.05, 3.63) is 0 Å². The fourth-order valence-electron chi connectivity index (χ4n) is 0.877. The molecule has 15 heavy (non-hydrogen) atoms. The SMILES string of the molecule is B[C@@](N)(CCC(=O)OC(C)(C)C)C(N)=O. The van der Waals surface area contributed by atoms with Crippen LogP contribution in [0.15, 0.2) is 0 Å². The van der Waals surface area contributed by atoms with Crippen molar-refractivity contribution < 1.29 is 14.3 Å². The average Bonchev–Trinajstić information content (AvgIpc) is 1.97. The third kappa shape index (κ3) is 6.12. The van der Waals surface area contributed by atoms with E-state index >= 15 is 0 Å². The molecule has 0 aliphatic carbocycles. The monoisotopic (exact) mass is 214 g/mol. The van der Waals surface area contributed by atoms with Crippen molar-refractivity contribution in [3.8, 4) is 0 Å². The molecule has 0 radical (unpaired) electrons. The number of rotatable bonds is 4. The minimum absolute atomic E-state index is 0.0905. The summed E-state index contributed by atoms with van der Waals surface area (Å²) in [5.41, 5.74) is 8.98. The van der Waals surface area contributed by atoms with E-state index in [1.165, 1.54) is 7.85 Å². The van der Waals surface area contributed by atoms with E-state index in [2.05, 4.69) is 0 Å². The first-order valence-electron chi connectivity index (χ1n) is 4.85. The predicted molar refractivity (Wildman–Crippen MR) is 59.7 cm³/mol. The summed E-state index contributed by atoms with van der Waals surface area (Å²) in [5.74, 6) is -0.994. The van der Waals surface area contributed by atoms with Crippen LogP contribution < -0.4 is 11.5 Å². The van der Waals surface area contributed by atoms with Gasteiger partial charge in [-0.25, -0.2) is 0 Å². The van der Waals surface area contributed by atoms with E-state index in [-0.39, 0.29) is 18.8 Å². The molecule has 0 bridgehead atoms. The quantitative estimate of drug-likeness (QED) is 0.457. The van der Waals surface area contributed by atoms with Crippen LogP contribution in [0.3, 0.4) is 0 Å². The van der Waals surface area contributed by atoms with E-state index in [0.717, 1.165) is 0 Å². The van der Waals surface area contributed by atoms with Crippen LogP contribution >= 0.6 is 0 Å². The van der Waals surface area contributed by atoms with Gasteiger partial charge in [0, 0.05) is 6.42 Å². The molecule has 0 aliphatic heterocycles. The lowest BCUT2D eigenvalue weighted by molar-refractivity contribution is -0.155. The van der Waals surface area contributed by atoms with Crippen LogP contribution in [0.1, 0.15) is 33.6 Å². The first-order valence-corrected chi connectivity index (χ1v) is 4.85. The van der Waals surface area contributed by atoms with Gasteiger partial charge in [-0.3, -0.25) is 9.59 Å². The Morgan fingerprint density at radius 1 is 1.33 bits per heavy atom. The highest BCUT2D eigenvalue weighted by Crippen LogP contribution is 2.11. The van der Waals surface area contributed by atoms with E-state index in [1.54, 1.807) is 20.8 Å². The van der Waals surface area contributed by atoms with Crippen molar-refractivity contribution in [2.75, 3.05) is 0 Å². The molecule has 0 unspecified atom stereocenters. The normalized spacial score (nSPS) is 15.5. The molecule has 0 aromatic heterocycles. The molecule has 86 valence electrons. The minimum Gasteiger partial charge on any atom is -0.460 e. The summed E-state index contributed by atoms with van der Waals surface area (Å²) < 4.78 is 5.07. The summed E-state index contributed by atoms with van der Waals surface area (Å²) in [6, 6.07) is 0. The van der Waals surface area contributed by atoms with Gasteiger partial charge >= 0.3 is 5.97 Å². The van der Waals surface area contributed by atoms with Gasteiger partial charge in [-0.15, -0.1) is 0 Å². The number of hydrogen-bond donors (Lipinski definition) is 2. The van der Waals surface area contributed by atoms with Crippen LogP contribution in [0.25, 0.3) is 0 Å². The summed E-state index contributed by atoms with van der Waals surface area (Å²) in [7, 11) is 1.50. The molecule has 1 amide bonds. The molecule has 0 saturated heterocycles. The molecule has 0 saturated carbocycles. The van der Waals surface area contributed by atoms with Gasteiger partial charge in [0.05, 0.1) is 5.44 Å². The first-order chi connectivity index (χ1) is 6.54. The minimum atomic E-state index is -1.16. The van der Waals surface area contributed by atoms with Gasteiger partial charge in [0.1, 0.15) is 13.4 Å². The molecule has 0 aromatic rings. The highest BCUT2D eigenvalue weighted by molar-refractivity contribution is 6.27. The zero-order valence-corrected chi connectivity index (χ0v) is 9.79. The number of amides is 1. The van der Waals surface area contributed by atoms with Gasteiger partial charge in [0.2, 0.25) is 5.91 Å². The van der Waals surface area contributed by atoms with Gasteiger partial charge < -0.3 is 16.2 Å². The third-order valence-corrected chi connectivity index (χ3v) is 1.83. The molecule has 0 fully saturated rings. The fraction of sp³-hybridized carbons (Fsp3) is 0.778. The molecule has 0 aromatic carbocycles. The molecule has 5 nitrogen and oxygen atoms in total. The number of carbonyl (C=O) groups is 2. The fourth-order valence-corrected chi connectivity index (χ4v) is 0.877. The Morgan fingerprint density at radius 2 is 1.80 bits per heavy atom. The van der Waals surface area contributed by atoms with Gasteiger partial charge in [0.25, 0.3) is 0 Å². The van der Waals surface area contributed by atoms with Crippen molar-refractivity contribution in [3.63, 3.8) is 0 Å². The molecular formula is C9H19BN2O3. The number of esters is 1. The van der Waals surface area contributed by atoms with Crippen molar-refractivity contribution in [1.82, 2.24) is 0 Å². The standard InChI is InChI=1S/C9H19BN2O3/c1-8(2,3)15-6(13)4-5-9(10,12)7(11)14/h4-5,10,12H2,1-3H3,(H2,11,14)/t9-/m1/s1. The molecule has 1 atom stereocenters. The van der Waals surface area contributed by atoms with E-state index in [0.29, 0.717) is 0 Å². The van der Waals surface area contributed by atoms with Gasteiger partial charge in [-0.2, -0.15) is 0 Å². The molecule has 0 heterocycles. The van der Waals surface area contributed by atoms with Crippen LogP contribution in [-0.2, 0) is 14.3 Å². The molecule has 0 spiro atoms. The Hall–Kier alpha value is -1.04. The Bertz CT molecular complexity index is 259. The lowest BCUT2D eigenvalue weighted by Gasteiger charge is -2.23. The highest BCUT2D eigenvalue weighted by atomic mass is 16.6. The zero-order chi connectivity index (χ0) is 12.3. The lowest BCUT2D eigenvalue weighted by atomic mass is 9.74. The van der Waals surface area contributed by atoms with Gasteiger partial charge in [0.15, 0.2) is 0 Å². The second kappa shape index (κ2) is 4.66. The average molecular weight is 214 g/mol. The summed E-state index contributed by atoms with van der Waals surface area (Å²) in [6.07, 6.45) is 0.282. The van der Waals surface area contributed by atoms with Crippen LogP contribution in [0.4, 0.5) is 0 Å². The largest absolute Gasteiger partial charge is 0.460 e. The number of carbonyl (C=O) groups excluding carboxylic acids is 2. The lowest BCUT2D eigenvalue weighted by Crippen LogP contribution is -2.52. The second-order valence-corrected chi connectivity index (χ2v) is 4.87. The molecule has 0 rings (SSSR count). The topological polar surface area (TPSA) is 95.4 Å². The smallest absolute Gasteiger partial charge is 0.306 e. The Labute approximate surface area is 90.9 Å². The maximum absolute atomic E-state index is 11.3. The maximum atomic E-state index is 11.3. The van der Waals surface area contributed by atoms with Crippen LogP contribution in [0.5, 0.6) is 0 Å². The number of ether oxygens (including phenoxy) is 1. The Kier molecular flexibility index (Phi) is 4.34. The van der Waals surface area contributed by atoms with E-state index in [9.17, 15) is 9.59 Å². The van der Waals surface area contributed by atoms with E-state index in [1.807, 2.05) is 0 Å². The number of primary amides is 1. The van der Waals surface area contributed by atoms with Gasteiger partial charge in [-0.1, -0.05) is 0 Å². The van der Waals surface area contributed by atoms with Crippen molar-refractivity contribution >= 4 is 19.7 Å². The van der Waals surface area contributed by atoms with E-state index in [4.69, 9.17) is 16.2 Å². The molecule has 4 N–H and O–H groups in total. The van der Waals surface area contributed by atoms with Crippen molar-refractivity contribution in [1.29, 1.82) is 0 Å². The number of hydrogen-bond acceptors (Lipinski definition) is 4. The Morgan fingerprint density at radius 3 is 2.13 bits per heavy atom. The first kappa shape index (κ1) is 14.0. The van der Waals surface area contributed by atoms with Crippen LogP contribution in [-0.4, -0.2) is 30.8 Å². The van der Waals surface area contributed by atoms with Gasteiger partial charge in [-0.05, 0) is 27.2 Å². The maximum Gasteiger partial charge on any atom is 0.306 e. The third-order valence-electron chi connectivity index (χ3n) is 1.83. The highest BCUT2D eigenvalue weighted by Gasteiger charge is 2.27. The van der Waals surface area contributed by atoms with Crippen LogP contribution in [0, 0.1) is 0 Å². The molecule has 0 aliphatic rings. The zero-order valence-electron chi connectivity index (χ0n) is 9.79. The van der Waals surface area contributed by atoms with Crippen LogP contribution in [0.2, 0.25) is 0 Å². The Balaban J connectivity index is 4.07. The van der Waals surface area contributed by atoms with Crippen molar-refractivity contribution in [2.45, 2.75) is 44.7 Å². The summed E-state index contributed by atoms with van der Waals surface area (Å²) in [5, 5.41) is 0. The summed E-state index contributed by atoms with van der Waals surface area (Å²) in [4.78, 5) is 22.2. The number of nitrogens with two attached hydrogens (primary N) is 2. The summed E-state index contributed by atoms with van der Waals surface area (Å²) >= 11 is 0. The molecule has 6 heteroatoms.